The highest BCUT2D eigenvalue weighted by atomic mass is 35.5. The summed E-state index contributed by atoms with van der Waals surface area (Å²) in [5.41, 5.74) is 2.34. The predicted molar refractivity (Wildman–Crippen MR) is 61.0 cm³/mol. The molecule has 0 aromatic heterocycles. The molecule has 1 heterocycles. The lowest BCUT2D eigenvalue weighted by Crippen LogP contribution is -2.00. The van der Waals surface area contributed by atoms with Crippen molar-refractivity contribution < 1.29 is 4.74 Å². The molecule has 1 saturated carbocycles. The maximum Gasteiger partial charge on any atom is 0.138 e. The molecule has 0 N–H and O–H groups in total. The van der Waals surface area contributed by atoms with Crippen LogP contribution in [0.4, 0.5) is 0 Å². The summed E-state index contributed by atoms with van der Waals surface area (Å²) in [6, 6.07) is 3.96. The molecule has 1 aliphatic heterocycles. The van der Waals surface area contributed by atoms with E-state index in [2.05, 4.69) is 4.99 Å². The Morgan fingerprint density at radius 3 is 3.07 bits per heavy atom. The van der Waals surface area contributed by atoms with Gasteiger partial charge in [0.05, 0.1) is 18.2 Å². The molecule has 78 valence electrons. The minimum Gasteiger partial charge on any atom is -0.492 e. The second-order valence-corrected chi connectivity index (χ2v) is 4.61. The molecule has 1 aromatic carbocycles. The van der Waals surface area contributed by atoms with E-state index in [0.29, 0.717) is 5.02 Å². The van der Waals surface area contributed by atoms with Crippen LogP contribution in [-0.2, 0) is 6.54 Å². The van der Waals surface area contributed by atoms with Crippen LogP contribution < -0.4 is 4.74 Å². The van der Waals surface area contributed by atoms with Crippen molar-refractivity contribution in [2.45, 2.75) is 19.4 Å². The smallest absolute Gasteiger partial charge is 0.138 e. The first-order valence-corrected chi connectivity index (χ1v) is 5.66. The van der Waals surface area contributed by atoms with Crippen LogP contribution in [0.1, 0.15) is 24.0 Å². The Bertz CT molecular complexity index is 424. The molecule has 2 nitrogen and oxygen atoms in total. The number of benzene rings is 1. The number of hydrogen-bond acceptors (Lipinski definition) is 2. The van der Waals surface area contributed by atoms with E-state index in [0.717, 1.165) is 30.4 Å². The summed E-state index contributed by atoms with van der Waals surface area (Å²) in [5, 5.41) is 0.708. The third-order valence-corrected chi connectivity index (χ3v) is 3.15. The van der Waals surface area contributed by atoms with E-state index in [1.54, 1.807) is 0 Å². The summed E-state index contributed by atoms with van der Waals surface area (Å²) in [6.45, 7) is 1.55. The fraction of sp³-hybridized carbons (Fsp3) is 0.417. The average Bonchev–Trinajstić information content (AvgIpc) is 2.94. The van der Waals surface area contributed by atoms with Crippen molar-refractivity contribution in [2.24, 2.45) is 10.9 Å². The molecule has 1 aliphatic carbocycles. The molecule has 3 rings (SSSR count). The number of hydrogen-bond donors (Lipinski definition) is 0. The van der Waals surface area contributed by atoms with Crippen molar-refractivity contribution in [1.82, 2.24) is 0 Å². The third kappa shape index (κ3) is 1.86. The maximum atomic E-state index is 6.13. The molecular formula is C12H12ClNO. The van der Waals surface area contributed by atoms with Crippen molar-refractivity contribution in [3.63, 3.8) is 0 Å². The Morgan fingerprint density at radius 2 is 2.27 bits per heavy atom. The molecule has 1 fully saturated rings. The van der Waals surface area contributed by atoms with Crippen LogP contribution in [0.2, 0.25) is 5.02 Å². The second-order valence-electron chi connectivity index (χ2n) is 4.21. The third-order valence-electron chi connectivity index (χ3n) is 2.86. The summed E-state index contributed by atoms with van der Waals surface area (Å²) in [7, 11) is 0. The van der Waals surface area contributed by atoms with E-state index in [1.165, 1.54) is 18.4 Å². The number of fused-ring (bicyclic) bond motifs is 1. The highest BCUT2D eigenvalue weighted by molar-refractivity contribution is 6.32. The molecule has 0 radical (unpaired) electrons. The van der Waals surface area contributed by atoms with Crippen LogP contribution in [0.5, 0.6) is 5.75 Å². The van der Waals surface area contributed by atoms with Crippen LogP contribution >= 0.6 is 11.6 Å². The Kier molecular flexibility index (Phi) is 2.17. The minimum atomic E-state index is 0.708. The number of nitrogens with zero attached hydrogens (tertiary/aromatic N) is 1. The molecule has 1 aromatic rings. The number of rotatable bonds is 3. The van der Waals surface area contributed by atoms with Gasteiger partial charge in [-0.15, -0.1) is 0 Å². The van der Waals surface area contributed by atoms with Gasteiger partial charge in [-0.25, -0.2) is 0 Å². The molecule has 0 amide bonds. The van der Waals surface area contributed by atoms with Gasteiger partial charge in [0.15, 0.2) is 0 Å². The van der Waals surface area contributed by atoms with Gasteiger partial charge in [0.2, 0.25) is 0 Å². The number of aliphatic imine (C=N–C) groups is 1. The van der Waals surface area contributed by atoms with Crippen molar-refractivity contribution in [3.8, 4) is 5.75 Å². The van der Waals surface area contributed by atoms with Gasteiger partial charge in [0.1, 0.15) is 5.75 Å². The van der Waals surface area contributed by atoms with E-state index >= 15 is 0 Å². The highest BCUT2D eigenvalue weighted by Gasteiger charge is 2.22. The van der Waals surface area contributed by atoms with E-state index in [1.807, 2.05) is 18.3 Å². The first-order chi connectivity index (χ1) is 7.33. The topological polar surface area (TPSA) is 21.6 Å². The van der Waals surface area contributed by atoms with Gasteiger partial charge in [-0.1, -0.05) is 11.6 Å². The Morgan fingerprint density at radius 1 is 1.40 bits per heavy atom. The summed E-state index contributed by atoms with van der Waals surface area (Å²) in [4.78, 5) is 4.20. The molecule has 0 bridgehead atoms. The molecule has 3 heteroatoms. The van der Waals surface area contributed by atoms with Crippen molar-refractivity contribution in [2.75, 3.05) is 6.61 Å². The zero-order valence-corrected chi connectivity index (χ0v) is 9.13. The van der Waals surface area contributed by atoms with Gasteiger partial charge in [0.25, 0.3) is 0 Å². The zero-order valence-electron chi connectivity index (χ0n) is 8.37. The van der Waals surface area contributed by atoms with Crippen LogP contribution in [0, 0.1) is 5.92 Å². The second kappa shape index (κ2) is 3.53. The summed E-state index contributed by atoms with van der Waals surface area (Å²) < 4.78 is 5.69. The van der Waals surface area contributed by atoms with E-state index < -0.39 is 0 Å². The van der Waals surface area contributed by atoms with Gasteiger partial charge in [-0.3, -0.25) is 4.99 Å². The van der Waals surface area contributed by atoms with E-state index in [4.69, 9.17) is 16.3 Å². The van der Waals surface area contributed by atoms with Crippen molar-refractivity contribution in [1.29, 1.82) is 0 Å². The molecule has 0 unspecified atom stereocenters. The summed E-state index contributed by atoms with van der Waals surface area (Å²) in [6.07, 6.45) is 4.48. The van der Waals surface area contributed by atoms with Gasteiger partial charge >= 0.3 is 0 Å². The number of halogens is 1. The monoisotopic (exact) mass is 221 g/mol. The molecule has 0 atom stereocenters. The first kappa shape index (κ1) is 9.22. The lowest BCUT2D eigenvalue weighted by atomic mass is 10.1. The van der Waals surface area contributed by atoms with Crippen LogP contribution in [0.3, 0.4) is 0 Å². The lowest BCUT2D eigenvalue weighted by molar-refractivity contribution is 0.300. The fourth-order valence-corrected chi connectivity index (χ4v) is 1.95. The predicted octanol–water partition coefficient (Wildman–Crippen LogP) is 3.06. The lowest BCUT2D eigenvalue weighted by Gasteiger charge is -2.09. The van der Waals surface area contributed by atoms with Crippen LogP contribution in [-0.4, -0.2) is 12.8 Å². The largest absolute Gasteiger partial charge is 0.492 e. The normalized spacial score (nSPS) is 17.9. The van der Waals surface area contributed by atoms with Gasteiger partial charge in [0, 0.05) is 11.8 Å². The molecule has 15 heavy (non-hydrogen) atoms. The fourth-order valence-electron chi connectivity index (χ4n) is 1.71. The Hall–Kier alpha value is -1.02. The standard InChI is InChI=1S/C12H12ClNO/c13-11-3-9-5-14-6-10(9)4-12(11)15-7-8-1-2-8/h3-4,6,8H,1-2,5,7H2. The highest BCUT2D eigenvalue weighted by Crippen LogP contribution is 2.33. The van der Waals surface area contributed by atoms with Gasteiger partial charge in [-0.05, 0) is 36.5 Å². The van der Waals surface area contributed by atoms with E-state index in [-0.39, 0.29) is 0 Å². The average molecular weight is 222 g/mol. The molecule has 0 saturated heterocycles. The van der Waals surface area contributed by atoms with Crippen LogP contribution in [0.15, 0.2) is 17.1 Å². The summed E-state index contributed by atoms with van der Waals surface area (Å²) >= 11 is 6.13. The molecular weight excluding hydrogens is 210 g/mol. The Balaban J connectivity index is 1.82. The van der Waals surface area contributed by atoms with Crippen molar-refractivity contribution >= 4 is 17.8 Å². The number of ether oxygens (including phenoxy) is 1. The van der Waals surface area contributed by atoms with Crippen LogP contribution in [0.25, 0.3) is 0 Å². The summed E-state index contributed by atoms with van der Waals surface area (Å²) in [5.74, 6) is 1.55. The molecule has 0 spiro atoms. The first-order valence-electron chi connectivity index (χ1n) is 5.28. The minimum absolute atomic E-state index is 0.708. The van der Waals surface area contributed by atoms with Crippen molar-refractivity contribution in [3.05, 3.63) is 28.3 Å². The van der Waals surface area contributed by atoms with E-state index in [9.17, 15) is 0 Å². The molecule has 2 aliphatic rings. The van der Waals surface area contributed by atoms with Gasteiger partial charge < -0.3 is 4.74 Å². The quantitative estimate of drug-likeness (QED) is 0.769. The maximum absolute atomic E-state index is 6.13. The zero-order chi connectivity index (χ0) is 10.3. The van der Waals surface area contributed by atoms with Gasteiger partial charge in [-0.2, -0.15) is 0 Å². The Labute approximate surface area is 93.9 Å². The SMILES string of the molecule is Clc1cc2c(cc1OCC1CC1)C=NC2.